The third-order valence-electron chi connectivity index (χ3n) is 3.54. The van der Waals surface area contributed by atoms with Crippen LogP contribution in [-0.4, -0.2) is 59.7 Å². The fourth-order valence-electron chi connectivity index (χ4n) is 1.90. The van der Waals surface area contributed by atoms with Crippen LogP contribution in [0.15, 0.2) is 42.6 Å². The number of hydrogen-bond acceptors (Lipinski definition) is 4. The van der Waals surface area contributed by atoms with E-state index in [2.05, 4.69) is 108 Å². The first-order valence-corrected chi connectivity index (χ1v) is 25.4. The fraction of sp³-hybridized carbons (Fsp3) is 0.692. The van der Waals surface area contributed by atoms with E-state index in [9.17, 15) is 0 Å². The Labute approximate surface area is 218 Å². The fourth-order valence-corrected chi connectivity index (χ4v) is 5.00. The molecule has 0 spiro atoms. The molecule has 0 bridgehead atoms. The van der Waals surface area contributed by atoms with Gasteiger partial charge >= 0.3 is 9.05 Å². The van der Waals surface area contributed by atoms with Gasteiger partial charge in [-0.3, -0.25) is 0 Å². The quantitative estimate of drug-likeness (QED) is 0.280. The first-order valence-electron chi connectivity index (χ1n) is 12.7. The Morgan fingerprint density at radius 3 is 1.03 bits per heavy atom. The van der Waals surface area contributed by atoms with Crippen molar-refractivity contribution < 1.29 is 17.7 Å². The molecule has 0 atom stereocenters. The Morgan fingerprint density at radius 1 is 0.618 bits per heavy atom. The van der Waals surface area contributed by atoms with Gasteiger partial charge in [-0.1, -0.05) is 101 Å². The lowest BCUT2D eigenvalue weighted by molar-refractivity contribution is -0.0247. The second kappa shape index (κ2) is 19.8. The minimum Gasteiger partial charge on any atom is -0.351 e. The van der Waals surface area contributed by atoms with Gasteiger partial charge in [0.05, 0.1) is 16.1 Å². The molecule has 1 aromatic carbocycles. The predicted octanol–water partition coefficient (Wildman–Crippen LogP) is 7.80. The van der Waals surface area contributed by atoms with E-state index in [1.807, 2.05) is 27.7 Å². The van der Waals surface area contributed by atoms with Crippen LogP contribution in [-0.2, 0) is 17.7 Å². The van der Waals surface area contributed by atoms with Gasteiger partial charge in [0.25, 0.3) is 0 Å². The van der Waals surface area contributed by atoms with Crippen molar-refractivity contribution in [3.8, 4) is 0 Å². The zero-order valence-corrected chi connectivity index (χ0v) is 29.1. The van der Waals surface area contributed by atoms with E-state index in [4.69, 9.17) is 17.7 Å². The molecule has 34 heavy (non-hydrogen) atoms. The van der Waals surface area contributed by atoms with Gasteiger partial charge in [0, 0.05) is 34.5 Å². The van der Waals surface area contributed by atoms with Crippen molar-refractivity contribution in [2.75, 3.05) is 26.4 Å². The van der Waals surface area contributed by atoms with Gasteiger partial charge in [-0.2, -0.15) is 0 Å². The Hall–Kier alpha value is -0.332. The van der Waals surface area contributed by atoms with Crippen molar-refractivity contribution in [1.29, 1.82) is 0 Å². The molecule has 4 nitrogen and oxygen atoms in total. The molecular formula is C26H58O4Si4. The molecule has 0 amide bonds. The van der Waals surface area contributed by atoms with Crippen LogP contribution in [0.25, 0.3) is 0 Å². The van der Waals surface area contributed by atoms with E-state index < -0.39 is 33.3 Å². The molecule has 0 heterocycles. The Bertz CT molecular complexity index is 556. The van der Waals surface area contributed by atoms with Gasteiger partial charge in [-0.15, -0.1) is 12.3 Å². The molecule has 1 rings (SSSR count). The Kier molecular flexibility index (Phi) is 22.3. The third-order valence-corrected chi connectivity index (χ3v) is 9.40. The molecule has 0 aliphatic heterocycles. The maximum atomic E-state index is 5.42. The Balaban J connectivity index is -0.000000404. The smallest absolute Gasteiger partial charge is 0.351 e. The van der Waals surface area contributed by atoms with Crippen LogP contribution in [0, 0.1) is 0 Å². The maximum absolute atomic E-state index is 5.42. The lowest BCUT2D eigenvalue weighted by Gasteiger charge is -2.26. The van der Waals surface area contributed by atoms with Crippen molar-refractivity contribution in [3.63, 3.8) is 0 Å². The summed E-state index contributed by atoms with van der Waals surface area (Å²) in [6.07, 6.45) is 0. The summed E-state index contributed by atoms with van der Waals surface area (Å²) in [6, 6.07) is 10.8. The van der Waals surface area contributed by atoms with Crippen LogP contribution in [0.2, 0.25) is 65.5 Å². The van der Waals surface area contributed by atoms with E-state index in [0.717, 1.165) is 0 Å². The van der Waals surface area contributed by atoms with Crippen molar-refractivity contribution in [2.24, 2.45) is 0 Å². The van der Waals surface area contributed by atoms with Crippen molar-refractivity contribution in [1.82, 2.24) is 0 Å². The van der Waals surface area contributed by atoms with Crippen LogP contribution >= 0.6 is 0 Å². The molecule has 0 aliphatic rings. The summed E-state index contributed by atoms with van der Waals surface area (Å²) in [5, 5.41) is 1.54. The summed E-state index contributed by atoms with van der Waals surface area (Å²) < 4.78 is 21.7. The van der Waals surface area contributed by atoms with E-state index in [1.54, 1.807) is 0 Å². The predicted molar refractivity (Wildman–Crippen MR) is 164 cm³/mol. The van der Waals surface area contributed by atoms with Gasteiger partial charge in [0.2, 0.25) is 0 Å². The summed E-state index contributed by atoms with van der Waals surface area (Å²) in [7, 11) is -5.31. The molecule has 1 aromatic rings. The van der Waals surface area contributed by atoms with E-state index in [0.29, 0.717) is 26.4 Å². The number of benzene rings is 1. The minimum atomic E-state index is -2.80. The third kappa shape index (κ3) is 27.9. The molecular weight excluding hydrogens is 489 g/mol. The highest BCUT2D eigenvalue weighted by molar-refractivity contribution is 6.88. The normalized spacial score (nSPS) is 11.7. The molecule has 0 aliphatic carbocycles. The van der Waals surface area contributed by atoms with Gasteiger partial charge in [-0.05, 0) is 27.7 Å². The van der Waals surface area contributed by atoms with Crippen molar-refractivity contribution in [3.05, 3.63) is 42.6 Å². The van der Waals surface area contributed by atoms with Gasteiger partial charge in [-0.25, -0.2) is 0 Å². The van der Waals surface area contributed by atoms with Gasteiger partial charge in [0.15, 0.2) is 0 Å². The molecule has 0 aromatic heterocycles. The highest BCUT2D eigenvalue weighted by Gasteiger charge is 2.44. The average molecular weight is 547 g/mol. The highest BCUT2D eigenvalue weighted by Crippen LogP contribution is 2.11. The summed E-state index contributed by atoms with van der Waals surface area (Å²) in [5.74, 6) is 0. The van der Waals surface area contributed by atoms with E-state index in [-0.39, 0.29) is 0 Å². The number of rotatable bonds is 10. The molecule has 0 unspecified atom stereocenters. The lowest BCUT2D eigenvalue weighted by Crippen LogP contribution is -2.49. The molecule has 8 heteroatoms. The Morgan fingerprint density at radius 2 is 0.882 bits per heavy atom. The lowest BCUT2D eigenvalue weighted by atomic mass is 10.4. The summed E-state index contributed by atoms with van der Waals surface area (Å²) in [6.45, 7) is 36.7. The zero-order chi connectivity index (χ0) is 27.5. The molecule has 0 fully saturated rings. The molecule has 0 N–H and O–H groups in total. The second-order valence-corrected chi connectivity index (χ2v) is 29.8. The zero-order valence-electron chi connectivity index (χ0n) is 25.1. The molecule has 0 radical (unpaired) electrons. The first-order chi connectivity index (χ1) is 15.4. The van der Waals surface area contributed by atoms with Crippen LogP contribution in [0.1, 0.15) is 27.7 Å². The van der Waals surface area contributed by atoms with Gasteiger partial charge < -0.3 is 17.7 Å². The SMILES string of the molecule is C=C[Si](C)(C)C.CCO[Si](OCC)(OCC)OCC.C[Si](C)(C)C.C[Si](C)(C)c1ccccc1. The second-order valence-electron chi connectivity index (χ2n) is 11.4. The minimum absolute atomic E-state index is 0.548. The summed E-state index contributed by atoms with van der Waals surface area (Å²) in [4.78, 5) is 0. The molecule has 0 saturated carbocycles. The van der Waals surface area contributed by atoms with Crippen LogP contribution in [0.4, 0.5) is 0 Å². The maximum Gasteiger partial charge on any atom is 0.679 e. The number of hydrogen-bond donors (Lipinski definition) is 0. The topological polar surface area (TPSA) is 36.9 Å². The van der Waals surface area contributed by atoms with Crippen molar-refractivity contribution in [2.45, 2.75) is 93.2 Å². The van der Waals surface area contributed by atoms with E-state index in [1.165, 1.54) is 5.19 Å². The van der Waals surface area contributed by atoms with Crippen LogP contribution in [0.5, 0.6) is 0 Å². The highest BCUT2D eigenvalue weighted by atomic mass is 28.4. The standard InChI is InChI=1S/C9H14Si.C8H20O4Si.C5H12Si.C4H12Si/c1-10(2,3)9-7-5-4-6-8-9;1-5-9-13(10-6-2,11-7-3)12-8-4;1-5-6(2,3)4;1-5(2,3)4/h4-8H,1-3H3;5-8H2,1-4H3;5H,1H2,2-4H3;1-4H3. The molecule has 202 valence electrons. The largest absolute Gasteiger partial charge is 0.679 e. The average Bonchev–Trinajstić information content (AvgIpc) is 2.68. The van der Waals surface area contributed by atoms with Crippen LogP contribution in [0.3, 0.4) is 0 Å². The monoisotopic (exact) mass is 546 g/mol. The van der Waals surface area contributed by atoms with Crippen LogP contribution < -0.4 is 5.19 Å². The first kappa shape index (κ1) is 38.2. The van der Waals surface area contributed by atoms with E-state index >= 15 is 0 Å². The summed E-state index contributed by atoms with van der Waals surface area (Å²) >= 11 is 0. The molecule has 0 saturated heterocycles. The van der Waals surface area contributed by atoms with Crippen molar-refractivity contribution >= 4 is 38.5 Å². The van der Waals surface area contributed by atoms with Gasteiger partial charge in [0.1, 0.15) is 0 Å². The summed E-state index contributed by atoms with van der Waals surface area (Å²) in [5.41, 5.74) is 2.08.